The van der Waals surface area contributed by atoms with E-state index in [-0.39, 0.29) is 29.9 Å². The van der Waals surface area contributed by atoms with Gasteiger partial charge in [0.15, 0.2) is 0 Å². The number of carbonyl (C=O) groups is 1. The van der Waals surface area contributed by atoms with Gasteiger partial charge in [-0.1, -0.05) is 23.7 Å². The molecule has 38 heavy (non-hydrogen) atoms. The molecule has 11 heteroatoms. The zero-order valence-corrected chi connectivity index (χ0v) is 23.2. The third kappa shape index (κ3) is 5.50. The van der Waals surface area contributed by atoms with Crippen LogP contribution < -0.4 is 4.90 Å². The molecule has 3 heterocycles. The quantitative estimate of drug-likeness (QED) is 0.440. The first-order chi connectivity index (χ1) is 18.3. The van der Waals surface area contributed by atoms with E-state index in [0.29, 0.717) is 18.2 Å². The van der Waals surface area contributed by atoms with Crippen molar-refractivity contribution >= 4 is 44.0 Å². The number of piperazine rings is 1. The Bertz CT molecular complexity index is 1430. The van der Waals surface area contributed by atoms with Crippen LogP contribution in [0.5, 0.6) is 0 Å². The van der Waals surface area contributed by atoms with Crippen molar-refractivity contribution in [2.75, 3.05) is 51.8 Å². The van der Waals surface area contributed by atoms with E-state index in [2.05, 4.69) is 16.0 Å². The molecule has 202 valence electrons. The zero-order chi connectivity index (χ0) is 26.9. The van der Waals surface area contributed by atoms with Crippen LogP contribution in [0.25, 0.3) is 10.8 Å². The minimum absolute atomic E-state index is 0.177. The van der Waals surface area contributed by atoms with E-state index in [1.54, 1.807) is 48.5 Å². The minimum atomic E-state index is -3.80. The third-order valence-corrected chi connectivity index (χ3v) is 9.48. The fourth-order valence-electron chi connectivity index (χ4n) is 5.27. The van der Waals surface area contributed by atoms with Crippen LogP contribution in [-0.4, -0.2) is 86.6 Å². The number of piperidine rings is 1. The van der Waals surface area contributed by atoms with Crippen LogP contribution in [0.3, 0.4) is 0 Å². The number of anilines is 1. The number of amides is 1. The molecule has 0 radical (unpaired) electrons. The van der Waals surface area contributed by atoms with Gasteiger partial charge in [0, 0.05) is 56.7 Å². The summed E-state index contributed by atoms with van der Waals surface area (Å²) in [5, 5.41) is 5.96. The van der Waals surface area contributed by atoms with Gasteiger partial charge in [0.25, 0.3) is 5.91 Å². The molecule has 2 fully saturated rings. The number of hydrogen-bond donors (Lipinski definition) is 0. The maximum atomic E-state index is 13.4. The van der Waals surface area contributed by atoms with Gasteiger partial charge in [-0.25, -0.2) is 13.4 Å². The molecular formula is C27H32ClN5O4S. The summed E-state index contributed by atoms with van der Waals surface area (Å²) >= 11 is 6.05. The first-order valence-electron chi connectivity index (χ1n) is 12.7. The summed E-state index contributed by atoms with van der Waals surface area (Å²) in [6.07, 6.45) is 3.60. The normalized spacial score (nSPS) is 18.1. The van der Waals surface area contributed by atoms with Gasteiger partial charge in [0.2, 0.25) is 10.0 Å². The van der Waals surface area contributed by atoms with Crippen LogP contribution >= 0.6 is 11.6 Å². The number of fused-ring (bicyclic) bond motifs is 1. The highest BCUT2D eigenvalue weighted by molar-refractivity contribution is 7.89. The summed E-state index contributed by atoms with van der Waals surface area (Å²) in [6, 6.07) is 14.6. The van der Waals surface area contributed by atoms with E-state index in [1.807, 2.05) is 24.3 Å². The molecule has 0 saturated carbocycles. The molecule has 0 N–H and O–H groups in total. The maximum absolute atomic E-state index is 13.4. The molecular weight excluding hydrogens is 526 g/mol. The predicted molar refractivity (Wildman–Crippen MR) is 147 cm³/mol. The van der Waals surface area contributed by atoms with E-state index >= 15 is 0 Å². The Morgan fingerprint density at radius 2 is 1.76 bits per heavy atom. The molecule has 3 aromatic rings. The lowest BCUT2D eigenvalue weighted by Gasteiger charge is -2.45. The second-order valence-electron chi connectivity index (χ2n) is 9.74. The monoisotopic (exact) mass is 557 g/mol. The van der Waals surface area contributed by atoms with Crippen LogP contribution in [0.2, 0.25) is 5.02 Å². The fourth-order valence-corrected chi connectivity index (χ4v) is 6.87. The van der Waals surface area contributed by atoms with E-state index < -0.39 is 10.0 Å². The second kappa shape index (κ2) is 11.2. The first kappa shape index (κ1) is 26.8. The van der Waals surface area contributed by atoms with Crippen LogP contribution in [0, 0.1) is 0 Å². The summed E-state index contributed by atoms with van der Waals surface area (Å²) in [5.41, 5.74) is 2.02. The van der Waals surface area contributed by atoms with Crippen molar-refractivity contribution in [1.29, 1.82) is 0 Å². The average Bonchev–Trinajstić information content (AvgIpc) is 2.92. The summed E-state index contributed by atoms with van der Waals surface area (Å²) < 4.78 is 33.2. The Morgan fingerprint density at radius 3 is 2.50 bits per heavy atom. The summed E-state index contributed by atoms with van der Waals surface area (Å²) in [4.78, 5) is 20.0. The van der Waals surface area contributed by atoms with Crippen molar-refractivity contribution in [1.82, 2.24) is 19.3 Å². The lowest BCUT2D eigenvalue weighted by Crippen LogP contribution is -2.60. The van der Waals surface area contributed by atoms with Crippen molar-refractivity contribution in [2.24, 2.45) is 0 Å². The maximum Gasteiger partial charge on any atom is 0.252 e. The van der Waals surface area contributed by atoms with E-state index in [9.17, 15) is 13.2 Å². The van der Waals surface area contributed by atoms with E-state index in [0.717, 1.165) is 48.1 Å². The number of pyridine rings is 1. The largest absolute Gasteiger partial charge is 0.378 e. The smallest absolute Gasteiger partial charge is 0.252 e. The lowest BCUT2D eigenvalue weighted by atomic mass is 10.0. The number of hydrogen-bond acceptors (Lipinski definition) is 7. The van der Waals surface area contributed by atoms with Gasteiger partial charge in [-0.05, 0) is 60.0 Å². The van der Waals surface area contributed by atoms with Gasteiger partial charge in [0.05, 0.1) is 30.3 Å². The second-order valence-corrected chi connectivity index (χ2v) is 12.1. The van der Waals surface area contributed by atoms with Crippen LogP contribution in [0.4, 0.5) is 5.69 Å². The molecule has 0 bridgehead atoms. The van der Waals surface area contributed by atoms with Crippen LogP contribution in [0.15, 0.2) is 59.6 Å². The standard InChI is InChI=1S/C27H32ClN5O4S/c1-30(24-8-11-31(12-9-24)25-7-10-29-23(17-25)19-37-2)33-14-13-32(18-27(33)34)38(35,36)26-6-4-20-15-22(28)5-3-21(20)16-26/h3-7,10,15-17,24H,8-9,11-14,18-19H2,1-2H3. The predicted octanol–water partition coefficient (Wildman–Crippen LogP) is 3.38. The number of ether oxygens (including phenoxy) is 1. The number of nitrogens with zero attached hydrogens (tertiary/aromatic N) is 5. The number of aromatic nitrogens is 1. The zero-order valence-electron chi connectivity index (χ0n) is 21.6. The Hall–Kier alpha value is -2.76. The molecule has 0 unspecified atom stereocenters. The number of halogens is 1. The Kier molecular flexibility index (Phi) is 7.88. The molecule has 9 nitrogen and oxygen atoms in total. The van der Waals surface area contributed by atoms with E-state index in [1.165, 1.54) is 4.31 Å². The minimum Gasteiger partial charge on any atom is -0.378 e. The molecule has 0 spiro atoms. The van der Waals surface area contributed by atoms with Crippen molar-refractivity contribution in [2.45, 2.75) is 30.4 Å². The average molecular weight is 558 g/mol. The molecule has 2 aliphatic heterocycles. The van der Waals surface area contributed by atoms with Gasteiger partial charge in [-0.3, -0.25) is 14.8 Å². The molecule has 0 aliphatic carbocycles. The van der Waals surface area contributed by atoms with Crippen LogP contribution in [-0.2, 0) is 26.2 Å². The first-order valence-corrected chi connectivity index (χ1v) is 14.5. The van der Waals surface area contributed by atoms with Gasteiger partial charge < -0.3 is 9.64 Å². The Balaban J connectivity index is 1.20. The number of methoxy groups -OCH3 is 1. The van der Waals surface area contributed by atoms with Crippen molar-refractivity contribution in [3.05, 3.63) is 65.4 Å². The third-order valence-electron chi connectivity index (χ3n) is 7.40. The number of sulfonamides is 1. The van der Waals surface area contributed by atoms with Gasteiger partial charge in [-0.15, -0.1) is 0 Å². The Morgan fingerprint density at radius 1 is 1.03 bits per heavy atom. The molecule has 2 aliphatic rings. The molecule has 2 saturated heterocycles. The van der Waals surface area contributed by atoms with Gasteiger partial charge in [-0.2, -0.15) is 4.31 Å². The summed E-state index contributed by atoms with van der Waals surface area (Å²) in [7, 11) is -0.213. The van der Waals surface area contributed by atoms with Crippen LogP contribution in [0.1, 0.15) is 18.5 Å². The molecule has 1 aromatic heterocycles. The van der Waals surface area contributed by atoms with Crippen molar-refractivity contribution < 1.29 is 17.9 Å². The highest BCUT2D eigenvalue weighted by Gasteiger charge is 2.36. The summed E-state index contributed by atoms with van der Waals surface area (Å²) in [5.74, 6) is -0.212. The highest BCUT2D eigenvalue weighted by atomic mass is 35.5. The highest BCUT2D eigenvalue weighted by Crippen LogP contribution is 2.27. The SMILES string of the molecule is COCc1cc(N2CCC(N(C)N3CCN(S(=O)(=O)c4ccc5cc(Cl)ccc5c4)CC3=O)CC2)ccn1. The van der Waals surface area contributed by atoms with Gasteiger partial charge in [0.1, 0.15) is 0 Å². The number of carbonyl (C=O) groups excluding carboxylic acids is 1. The molecule has 5 rings (SSSR count). The van der Waals surface area contributed by atoms with E-state index in [4.69, 9.17) is 16.3 Å². The molecule has 0 atom stereocenters. The summed E-state index contributed by atoms with van der Waals surface area (Å²) in [6.45, 7) is 2.59. The topological polar surface area (TPSA) is 86.3 Å². The Labute approximate surface area is 228 Å². The molecule has 2 aromatic carbocycles. The lowest BCUT2D eigenvalue weighted by molar-refractivity contribution is -0.156. The number of rotatable bonds is 7. The van der Waals surface area contributed by atoms with Crippen molar-refractivity contribution in [3.8, 4) is 0 Å². The fraction of sp³-hybridized carbons (Fsp3) is 0.407. The molecule has 1 amide bonds. The van der Waals surface area contributed by atoms with Gasteiger partial charge >= 0.3 is 0 Å². The number of hydrazine groups is 1. The van der Waals surface area contributed by atoms with Crippen molar-refractivity contribution in [3.63, 3.8) is 0 Å². The number of benzene rings is 2.